The summed E-state index contributed by atoms with van der Waals surface area (Å²) in [6.45, 7) is 11.3. The van der Waals surface area contributed by atoms with Gasteiger partial charge in [0.05, 0.1) is 5.60 Å². The van der Waals surface area contributed by atoms with Crippen molar-refractivity contribution >= 4 is 0 Å². The standard InChI is InChI=1S/C23H36O/c1-5-23(24)13-11-17-16(14-23)6-7-19-18(17)10-12-22(4)20(15(2)3)8-9-21(19)22/h6,17-21,24H,2,5,7-14H2,1,3-4H3/t17-,18+,19?,20+,21-,22+,23-/m0/s1. The maximum absolute atomic E-state index is 10.8. The molecule has 7 atom stereocenters. The summed E-state index contributed by atoms with van der Waals surface area (Å²) in [6.07, 6.45) is 13.5. The fourth-order valence-corrected chi connectivity index (χ4v) is 7.48. The number of hydrogen-bond donors (Lipinski definition) is 1. The monoisotopic (exact) mass is 328 g/mol. The highest BCUT2D eigenvalue weighted by molar-refractivity contribution is 5.23. The van der Waals surface area contributed by atoms with Crippen LogP contribution in [-0.4, -0.2) is 10.7 Å². The molecule has 0 aromatic carbocycles. The third kappa shape index (κ3) is 2.37. The molecule has 1 unspecified atom stereocenters. The maximum atomic E-state index is 10.8. The molecule has 0 bridgehead atoms. The van der Waals surface area contributed by atoms with Crippen LogP contribution < -0.4 is 0 Å². The van der Waals surface area contributed by atoms with Crippen molar-refractivity contribution in [2.75, 3.05) is 0 Å². The Bertz CT molecular complexity index is 560. The highest BCUT2D eigenvalue weighted by Gasteiger charge is 2.56. The van der Waals surface area contributed by atoms with Crippen LogP contribution in [0.1, 0.15) is 78.6 Å². The second kappa shape index (κ2) is 5.73. The van der Waals surface area contributed by atoms with E-state index in [1.807, 2.05) is 0 Å². The number of fused-ring (bicyclic) bond motifs is 5. The molecule has 0 amide bonds. The van der Waals surface area contributed by atoms with Crippen LogP contribution in [0.4, 0.5) is 0 Å². The molecule has 134 valence electrons. The number of aliphatic hydroxyl groups is 1. The van der Waals surface area contributed by atoms with Crippen LogP contribution in [0.3, 0.4) is 0 Å². The minimum atomic E-state index is -0.406. The van der Waals surface area contributed by atoms with Crippen molar-refractivity contribution in [3.63, 3.8) is 0 Å². The van der Waals surface area contributed by atoms with Crippen molar-refractivity contribution in [1.29, 1.82) is 0 Å². The van der Waals surface area contributed by atoms with E-state index < -0.39 is 5.60 Å². The van der Waals surface area contributed by atoms with Crippen molar-refractivity contribution in [2.45, 2.75) is 84.2 Å². The summed E-state index contributed by atoms with van der Waals surface area (Å²) in [6, 6.07) is 0. The zero-order valence-electron chi connectivity index (χ0n) is 16.0. The van der Waals surface area contributed by atoms with E-state index in [1.54, 1.807) is 5.57 Å². The van der Waals surface area contributed by atoms with Crippen molar-refractivity contribution in [1.82, 2.24) is 0 Å². The van der Waals surface area contributed by atoms with E-state index in [9.17, 15) is 5.11 Å². The lowest BCUT2D eigenvalue weighted by molar-refractivity contribution is -0.0366. The van der Waals surface area contributed by atoms with Crippen molar-refractivity contribution < 1.29 is 5.11 Å². The summed E-state index contributed by atoms with van der Waals surface area (Å²) in [7, 11) is 0. The first-order valence-corrected chi connectivity index (χ1v) is 10.4. The predicted molar refractivity (Wildman–Crippen MR) is 101 cm³/mol. The first-order valence-electron chi connectivity index (χ1n) is 10.4. The van der Waals surface area contributed by atoms with Crippen LogP contribution in [0.25, 0.3) is 0 Å². The molecule has 1 nitrogen and oxygen atoms in total. The van der Waals surface area contributed by atoms with E-state index in [0.29, 0.717) is 5.41 Å². The van der Waals surface area contributed by atoms with Crippen LogP contribution in [-0.2, 0) is 0 Å². The summed E-state index contributed by atoms with van der Waals surface area (Å²) in [5, 5.41) is 10.8. The summed E-state index contributed by atoms with van der Waals surface area (Å²) < 4.78 is 0. The average Bonchev–Trinajstić information content (AvgIpc) is 2.91. The molecule has 0 aromatic heterocycles. The van der Waals surface area contributed by atoms with Crippen LogP contribution in [0.2, 0.25) is 0 Å². The molecule has 3 saturated carbocycles. The molecule has 0 aliphatic heterocycles. The van der Waals surface area contributed by atoms with Gasteiger partial charge in [-0.2, -0.15) is 0 Å². The quantitative estimate of drug-likeness (QED) is 0.626. The fraction of sp³-hybridized carbons (Fsp3) is 0.826. The number of hydrogen-bond acceptors (Lipinski definition) is 1. The number of rotatable bonds is 2. The van der Waals surface area contributed by atoms with Gasteiger partial charge in [0.2, 0.25) is 0 Å². The number of allylic oxidation sites excluding steroid dienone is 2. The predicted octanol–water partition coefficient (Wildman–Crippen LogP) is 5.89. The summed E-state index contributed by atoms with van der Waals surface area (Å²) >= 11 is 0. The summed E-state index contributed by atoms with van der Waals surface area (Å²) in [5.41, 5.74) is 3.15. The Morgan fingerprint density at radius 1 is 1.21 bits per heavy atom. The van der Waals surface area contributed by atoms with E-state index >= 15 is 0 Å². The van der Waals surface area contributed by atoms with Gasteiger partial charge in [-0.1, -0.05) is 37.6 Å². The van der Waals surface area contributed by atoms with Gasteiger partial charge in [0, 0.05) is 0 Å². The molecule has 24 heavy (non-hydrogen) atoms. The molecule has 1 heteroatoms. The summed E-state index contributed by atoms with van der Waals surface area (Å²) in [5.74, 6) is 4.24. The molecule has 1 N–H and O–H groups in total. The lowest BCUT2D eigenvalue weighted by Gasteiger charge is -2.54. The average molecular weight is 329 g/mol. The zero-order chi connectivity index (χ0) is 17.1. The van der Waals surface area contributed by atoms with Gasteiger partial charge in [0.25, 0.3) is 0 Å². The van der Waals surface area contributed by atoms with Crippen molar-refractivity contribution in [3.05, 3.63) is 23.8 Å². The Kier molecular flexibility index (Phi) is 4.03. The molecular weight excluding hydrogens is 292 g/mol. The Balaban J connectivity index is 1.59. The second-order valence-corrected chi connectivity index (χ2v) is 9.87. The van der Waals surface area contributed by atoms with Gasteiger partial charge in [0.1, 0.15) is 0 Å². The molecule has 3 fully saturated rings. The van der Waals surface area contributed by atoms with Gasteiger partial charge in [-0.25, -0.2) is 0 Å². The van der Waals surface area contributed by atoms with Gasteiger partial charge in [-0.05, 0) is 99.7 Å². The fourth-order valence-electron chi connectivity index (χ4n) is 7.48. The third-order valence-corrected chi connectivity index (χ3v) is 8.84. The Hall–Kier alpha value is -0.560. The van der Waals surface area contributed by atoms with Crippen LogP contribution in [0.5, 0.6) is 0 Å². The highest BCUT2D eigenvalue weighted by atomic mass is 16.3. The van der Waals surface area contributed by atoms with Gasteiger partial charge in [-0.15, -0.1) is 0 Å². The smallest absolute Gasteiger partial charge is 0.0682 e. The minimum Gasteiger partial charge on any atom is -0.390 e. The normalized spacial score (nSPS) is 50.5. The highest BCUT2D eigenvalue weighted by Crippen LogP contribution is 2.64. The van der Waals surface area contributed by atoms with Gasteiger partial charge in [-0.3, -0.25) is 0 Å². The van der Waals surface area contributed by atoms with Gasteiger partial charge >= 0.3 is 0 Å². The third-order valence-electron chi connectivity index (χ3n) is 8.84. The van der Waals surface area contributed by atoms with Gasteiger partial charge < -0.3 is 5.11 Å². The van der Waals surface area contributed by atoms with Crippen LogP contribution in [0.15, 0.2) is 23.8 Å². The molecule has 0 heterocycles. The van der Waals surface area contributed by atoms with E-state index in [2.05, 4.69) is 33.4 Å². The van der Waals surface area contributed by atoms with Crippen molar-refractivity contribution in [2.24, 2.45) is 35.0 Å². The van der Waals surface area contributed by atoms with E-state index in [-0.39, 0.29) is 0 Å². The largest absolute Gasteiger partial charge is 0.390 e. The lowest BCUT2D eigenvalue weighted by atomic mass is 9.51. The topological polar surface area (TPSA) is 20.2 Å². The first-order chi connectivity index (χ1) is 11.4. The second-order valence-electron chi connectivity index (χ2n) is 9.87. The zero-order valence-corrected chi connectivity index (χ0v) is 16.0. The Labute approximate surface area is 148 Å². The first kappa shape index (κ1) is 16.9. The van der Waals surface area contributed by atoms with E-state index in [0.717, 1.165) is 48.9 Å². The van der Waals surface area contributed by atoms with E-state index in [4.69, 9.17) is 0 Å². The van der Waals surface area contributed by atoms with Crippen LogP contribution >= 0.6 is 0 Å². The molecule has 0 saturated heterocycles. The van der Waals surface area contributed by atoms with Crippen LogP contribution in [0, 0.1) is 35.0 Å². The minimum absolute atomic E-state index is 0.406. The lowest BCUT2D eigenvalue weighted by Crippen LogP contribution is -2.47. The van der Waals surface area contributed by atoms with E-state index in [1.165, 1.54) is 44.1 Å². The van der Waals surface area contributed by atoms with Gasteiger partial charge in [0.15, 0.2) is 0 Å². The SMILES string of the molecule is C=C(C)[C@H]1CC[C@H]2C3CC=C4C[C@](O)(CC)CC[C@@H]4[C@H]3CC[C@]12C. The molecule has 0 aromatic rings. The molecule has 4 rings (SSSR count). The summed E-state index contributed by atoms with van der Waals surface area (Å²) in [4.78, 5) is 0. The molecule has 4 aliphatic carbocycles. The maximum Gasteiger partial charge on any atom is 0.0682 e. The molecule has 0 spiro atoms. The molecule has 0 radical (unpaired) electrons. The Morgan fingerprint density at radius 3 is 2.71 bits per heavy atom. The molecule has 4 aliphatic rings. The Morgan fingerprint density at radius 2 is 2.00 bits per heavy atom. The molecular formula is C23H36O. The van der Waals surface area contributed by atoms with Crippen molar-refractivity contribution in [3.8, 4) is 0 Å².